The Balaban J connectivity index is 2.48. The minimum Gasteiger partial charge on any atom is -0.444 e. The van der Waals surface area contributed by atoms with Crippen molar-refractivity contribution < 1.29 is 9.53 Å². The summed E-state index contributed by atoms with van der Waals surface area (Å²) in [6.07, 6.45) is -0.316. The predicted octanol–water partition coefficient (Wildman–Crippen LogP) is 2.39. The molecule has 2 N–H and O–H groups in total. The number of carbonyl (C=O) groups is 1. The van der Waals surface area contributed by atoms with Gasteiger partial charge in [-0.25, -0.2) is 4.79 Å². The Kier molecular flexibility index (Phi) is 4.65. The molecule has 1 amide bonds. The van der Waals surface area contributed by atoms with Crippen molar-refractivity contribution in [3.05, 3.63) is 0 Å². The molecule has 0 radical (unpaired) electrons. The first-order chi connectivity index (χ1) is 8.12. The molecule has 1 aliphatic heterocycles. The quantitative estimate of drug-likeness (QED) is 0.797. The molecule has 18 heavy (non-hydrogen) atoms. The van der Waals surface area contributed by atoms with Crippen LogP contribution in [0.4, 0.5) is 4.79 Å². The third kappa shape index (κ3) is 4.48. The van der Waals surface area contributed by atoms with Crippen LogP contribution in [-0.2, 0) is 4.74 Å². The van der Waals surface area contributed by atoms with E-state index in [4.69, 9.17) is 4.74 Å². The van der Waals surface area contributed by atoms with Gasteiger partial charge >= 0.3 is 6.09 Å². The van der Waals surface area contributed by atoms with E-state index >= 15 is 0 Å². The topological polar surface area (TPSA) is 50.4 Å². The number of rotatable bonds is 2. The highest BCUT2D eigenvalue weighted by molar-refractivity contribution is 5.67. The monoisotopic (exact) mass is 256 g/mol. The summed E-state index contributed by atoms with van der Waals surface area (Å²) in [4.78, 5) is 11.7. The Morgan fingerprint density at radius 2 is 2.06 bits per heavy atom. The van der Waals surface area contributed by atoms with Gasteiger partial charge in [0.15, 0.2) is 0 Å². The fourth-order valence-electron chi connectivity index (χ4n) is 2.65. The van der Waals surface area contributed by atoms with Gasteiger partial charge in [0.1, 0.15) is 5.60 Å². The minimum atomic E-state index is -0.431. The highest BCUT2D eigenvalue weighted by atomic mass is 16.6. The number of alkyl carbamates (subject to hydrolysis) is 1. The van der Waals surface area contributed by atoms with Gasteiger partial charge in [0.25, 0.3) is 0 Å². The lowest BCUT2D eigenvalue weighted by atomic mass is 9.70. The van der Waals surface area contributed by atoms with Crippen LogP contribution in [0.3, 0.4) is 0 Å². The van der Waals surface area contributed by atoms with Crippen molar-refractivity contribution in [2.24, 2.45) is 17.3 Å². The maximum Gasteiger partial charge on any atom is 0.407 e. The maximum atomic E-state index is 11.7. The Labute approximate surface area is 111 Å². The molecule has 0 bridgehead atoms. The van der Waals surface area contributed by atoms with E-state index in [1.807, 2.05) is 20.8 Å². The molecule has 0 aromatic heterocycles. The number of amides is 1. The van der Waals surface area contributed by atoms with Crippen molar-refractivity contribution in [1.29, 1.82) is 0 Å². The second-order valence-electron chi connectivity index (χ2n) is 7.09. The Morgan fingerprint density at radius 1 is 1.44 bits per heavy atom. The van der Waals surface area contributed by atoms with Crippen LogP contribution in [0.2, 0.25) is 0 Å². The summed E-state index contributed by atoms with van der Waals surface area (Å²) in [6, 6.07) is 0. The van der Waals surface area contributed by atoms with Crippen molar-refractivity contribution in [2.45, 2.75) is 47.1 Å². The molecule has 4 heteroatoms. The minimum absolute atomic E-state index is 0.201. The third-order valence-corrected chi connectivity index (χ3v) is 3.60. The lowest BCUT2D eigenvalue weighted by Gasteiger charge is -2.43. The first-order valence-corrected chi connectivity index (χ1v) is 6.79. The lowest BCUT2D eigenvalue weighted by molar-refractivity contribution is 0.0455. The Hall–Kier alpha value is -0.770. The van der Waals surface area contributed by atoms with Crippen LogP contribution in [0.1, 0.15) is 41.5 Å². The maximum absolute atomic E-state index is 11.7. The fraction of sp³-hybridized carbons (Fsp3) is 0.929. The van der Waals surface area contributed by atoms with E-state index in [1.165, 1.54) is 0 Å². The summed E-state index contributed by atoms with van der Waals surface area (Å²) < 4.78 is 5.27. The van der Waals surface area contributed by atoms with Gasteiger partial charge in [0.05, 0.1) is 0 Å². The predicted molar refractivity (Wildman–Crippen MR) is 73.5 cm³/mol. The first-order valence-electron chi connectivity index (χ1n) is 6.79. The Morgan fingerprint density at radius 3 is 2.56 bits per heavy atom. The fourth-order valence-corrected chi connectivity index (χ4v) is 2.65. The van der Waals surface area contributed by atoms with Gasteiger partial charge in [-0.3, -0.25) is 0 Å². The van der Waals surface area contributed by atoms with Crippen LogP contribution in [0.25, 0.3) is 0 Å². The normalized spacial score (nSPS) is 27.7. The first kappa shape index (κ1) is 15.3. The molecule has 0 saturated carbocycles. The van der Waals surface area contributed by atoms with E-state index < -0.39 is 5.60 Å². The molecular weight excluding hydrogens is 228 g/mol. The zero-order valence-electron chi connectivity index (χ0n) is 12.6. The number of hydrogen-bond acceptors (Lipinski definition) is 3. The molecule has 0 aliphatic carbocycles. The standard InChI is InChI=1S/C14H28N2O2/c1-10-7-15-9-14(5,6)11(10)8-16-12(17)18-13(2,3)4/h10-11,15H,7-9H2,1-6H3,(H,16,17). The van der Waals surface area contributed by atoms with Crippen LogP contribution in [-0.4, -0.2) is 31.3 Å². The average molecular weight is 256 g/mol. The Bertz CT molecular complexity index is 295. The molecule has 2 atom stereocenters. The number of ether oxygens (including phenoxy) is 1. The van der Waals surface area contributed by atoms with Crippen LogP contribution < -0.4 is 10.6 Å². The van der Waals surface area contributed by atoms with Gasteiger partial charge in [0, 0.05) is 13.1 Å². The summed E-state index contributed by atoms with van der Waals surface area (Å²) in [5, 5.41) is 6.34. The van der Waals surface area contributed by atoms with Gasteiger partial charge < -0.3 is 15.4 Å². The summed E-state index contributed by atoms with van der Waals surface area (Å²) in [5.74, 6) is 1.04. The second-order valence-corrected chi connectivity index (χ2v) is 7.09. The van der Waals surface area contributed by atoms with Crippen molar-refractivity contribution >= 4 is 6.09 Å². The van der Waals surface area contributed by atoms with E-state index in [9.17, 15) is 4.79 Å². The van der Waals surface area contributed by atoms with Gasteiger partial charge in [-0.05, 0) is 44.6 Å². The molecule has 1 heterocycles. The SMILES string of the molecule is CC1CNCC(C)(C)C1CNC(=O)OC(C)(C)C. The molecule has 1 aliphatic rings. The molecule has 2 unspecified atom stereocenters. The summed E-state index contributed by atoms with van der Waals surface area (Å²) in [7, 11) is 0. The van der Waals surface area contributed by atoms with Crippen molar-refractivity contribution in [3.8, 4) is 0 Å². The molecule has 106 valence electrons. The second kappa shape index (κ2) is 5.47. The number of hydrogen-bond donors (Lipinski definition) is 2. The summed E-state index contributed by atoms with van der Waals surface area (Å²) >= 11 is 0. The van der Waals surface area contributed by atoms with Gasteiger partial charge in [-0.15, -0.1) is 0 Å². The van der Waals surface area contributed by atoms with E-state index in [2.05, 4.69) is 31.4 Å². The van der Waals surface area contributed by atoms with E-state index in [1.54, 1.807) is 0 Å². The van der Waals surface area contributed by atoms with Crippen LogP contribution >= 0.6 is 0 Å². The van der Waals surface area contributed by atoms with E-state index in [0.29, 0.717) is 18.4 Å². The molecule has 1 rings (SSSR count). The van der Waals surface area contributed by atoms with Crippen LogP contribution in [0.5, 0.6) is 0 Å². The molecule has 0 aromatic rings. The van der Waals surface area contributed by atoms with Crippen molar-refractivity contribution in [1.82, 2.24) is 10.6 Å². The van der Waals surface area contributed by atoms with Gasteiger partial charge in [-0.1, -0.05) is 20.8 Å². The molecule has 0 spiro atoms. The molecule has 0 aromatic carbocycles. The van der Waals surface area contributed by atoms with E-state index in [0.717, 1.165) is 13.1 Å². The zero-order chi connectivity index (χ0) is 14.0. The van der Waals surface area contributed by atoms with Crippen LogP contribution in [0.15, 0.2) is 0 Å². The average Bonchev–Trinajstić information content (AvgIpc) is 2.12. The van der Waals surface area contributed by atoms with Crippen molar-refractivity contribution in [3.63, 3.8) is 0 Å². The lowest BCUT2D eigenvalue weighted by Crippen LogP contribution is -2.52. The largest absolute Gasteiger partial charge is 0.444 e. The number of piperidine rings is 1. The zero-order valence-corrected chi connectivity index (χ0v) is 12.6. The van der Waals surface area contributed by atoms with Gasteiger partial charge in [0.2, 0.25) is 0 Å². The number of carbonyl (C=O) groups excluding carboxylic acids is 1. The van der Waals surface area contributed by atoms with Crippen LogP contribution in [0, 0.1) is 17.3 Å². The molecular formula is C14H28N2O2. The summed E-state index contributed by atoms with van der Waals surface area (Å²) in [6.45, 7) is 15.1. The van der Waals surface area contributed by atoms with E-state index in [-0.39, 0.29) is 11.5 Å². The van der Waals surface area contributed by atoms with Gasteiger partial charge in [-0.2, -0.15) is 0 Å². The summed E-state index contributed by atoms with van der Waals surface area (Å²) in [5.41, 5.74) is -0.230. The number of nitrogens with one attached hydrogen (secondary N) is 2. The molecule has 1 fully saturated rings. The smallest absolute Gasteiger partial charge is 0.407 e. The van der Waals surface area contributed by atoms with Crippen molar-refractivity contribution in [2.75, 3.05) is 19.6 Å². The highest BCUT2D eigenvalue weighted by Gasteiger charge is 2.37. The molecule has 4 nitrogen and oxygen atoms in total. The molecule has 1 saturated heterocycles. The third-order valence-electron chi connectivity index (χ3n) is 3.60. The highest BCUT2D eigenvalue weighted by Crippen LogP contribution is 2.34.